The van der Waals surface area contributed by atoms with Gasteiger partial charge in [-0.2, -0.15) is 5.10 Å². The van der Waals surface area contributed by atoms with E-state index in [4.69, 9.17) is 4.74 Å². The number of anilines is 2. The van der Waals surface area contributed by atoms with Gasteiger partial charge in [-0.25, -0.2) is 17.6 Å². The minimum Gasteiger partial charge on any atom is -0.462 e. The zero-order valence-electron chi connectivity index (χ0n) is 20.1. The summed E-state index contributed by atoms with van der Waals surface area (Å²) in [4.78, 5) is 12.5. The quantitative estimate of drug-likeness (QED) is 0.235. The van der Waals surface area contributed by atoms with Gasteiger partial charge in [0.15, 0.2) is 23.3 Å². The molecule has 0 spiro atoms. The Morgan fingerprint density at radius 2 is 1.43 bits per heavy atom. The molecule has 0 N–H and O–H groups in total. The molecule has 37 heavy (non-hydrogen) atoms. The first-order valence-corrected chi connectivity index (χ1v) is 12.1. The van der Waals surface area contributed by atoms with Crippen molar-refractivity contribution in [1.29, 1.82) is 0 Å². The normalized spacial score (nSPS) is 18.2. The lowest BCUT2D eigenvalue weighted by Crippen LogP contribution is -2.39. The molecule has 3 aromatic rings. The number of esters is 1. The maximum Gasteiger partial charge on any atom is 0.302 e. The fourth-order valence-electron chi connectivity index (χ4n) is 5.00. The van der Waals surface area contributed by atoms with Gasteiger partial charge in [0.05, 0.1) is 23.0 Å². The van der Waals surface area contributed by atoms with Crippen LogP contribution >= 0.6 is 0 Å². The number of rotatable bonds is 5. The standard InChI is InChI=1S/C28H25F4N3O2/c1-17(36)37-20-12-14-34(15-13-20)28-26(31)24(29)23(25(30)27(28)32)22-16-21(18-8-4-2-5-9-18)33-35(22)19-10-6-3-7-11-19/h2-11,20,22H,12-16H2,1H3. The lowest BCUT2D eigenvalue weighted by atomic mass is 9.96. The number of ether oxygens (including phenoxy) is 1. The molecule has 1 atom stereocenters. The van der Waals surface area contributed by atoms with Crippen LogP contribution in [0, 0.1) is 23.3 Å². The van der Waals surface area contributed by atoms with Crippen molar-refractivity contribution in [1.82, 2.24) is 0 Å². The SMILES string of the molecule is CC(=O)OC1CCN(c2c(F)c(F)c(C3CC(c4ccccc4)=NN3c3ccccc3)c(F)c2F)CC1. The van der Waals surface area contributed by atoms with Crippen LogP contribution in [0.15, 0.2) is 65.8 Å². The summed E-state index contributed by atoms with van der Waals surface area (Å²) < 4.78 is 67.3. The average molecular weight is 512 g/mol. The van der Waals surface area contributed by atoms with Crippen molar-refractivity contribution in [2.45, 2.75) is 38.3 Å². The molecule has 1 saturated heterocycles. The van der Waals surface area contributed by atoms with Crippen molar-refractivity contribution in [3.05, 3.63) is 95.1 Å². The Labute approximate surface area is 212 Å². The van der Waals surface area contributed by atoms with Crippen molar-refractivity contribution < 1.29 is 27.1 Å². The number of piperidine rings is 1. The van der Waals surface area contributed by atoms with E-state index >= 15 is 17.6 Å². The predicted molar refractivity (Wildman–Crippen MR) is 133 cm³/mol. The molecular weight excluding hydrogens is 486 g/mol. The van der Waals surface area contributed by atoms with E-state index in [0.29, 0.717) is 24.2 Å². The fraction of sp³-hybridized carbons (Fsp3) is 0.286. The average Bonchev–Trinajstić information content (AvgIpc) is 3.34. The monoisotopic (exact) mass is 511 g/mol. The van der Waals surface area contributed by atoms with E-state index in [1.807, 2.05) is 30.3 Å². The van der Waals surface area contributed by atoms with E-state index < -0.39 is 52.6 Å². The second-order valence-corrected chi connectivity index (χ2v) is 9.13. The summed E-state index contributed by atoms with van der Waals surface area (Å²) in [6.45, 7) is 1.46. The van der Waals surface area contributed by atoms with Gasteiger partial charge in [0, 0.05) is 39.3 Å². The van der Waals surface area contributed by atoms with Gasteiger partial charge >= 0.3 is 5.97 Å². The van der Waals surface area contributed by atoms with Crippen molar-refractivity contribution >= 4 is 23.1 Å². The van der Waals surface area contributed by atoms with Gasteiger partial charge in [0.2, 0.25) is 0 Å². The second kappa shape index (κ2) is 10.2. The Hall–Kier alpha value is -3.88. The highest BCUT2D eigenvalue weighted by Crippen LogP contribution is 2.42. The molecule has 2 aliphatic heterocycles. The summed E-state index contributed by atoms with van der Waals surface area (Å²) in [5.41, 5.74) is 0.390. The number of carbonyl (C=O) groups excluding carboxylic acids is 1. The summed E-state index contributed by atoms with van der Waals surface area (Å²) >= 11 is 0. The number of nitrogens with zero attached hydrogens (tertiary/aromatic N) is 3. The first-order valence-electron chi connectivity index (χ1n) is 12.1. The molecule has 0 bridgehead atoms. The summed E-state index contributed by atoms with van der Waals surface area (Å²) in [6, 6.07) is 16.7. The Kier molecular flexibility index (Phi) is 6.86. The maximum absolute atomic E-state index is 15.6. The third-order valence-corrected chi connectivity index (χ3v) is 6.74. The molecule has 3 aromatic carbocycles. The van der Waals surface area contributed by atoms with Gasteiger partial charge in [-0.3, -0.25) is 9.80 Å². The minimum absolute atomic E-state index is 0.0543. The van der Waals surface area contributed by atoms with E-state index in [0.717, 1.165) is 5.56 Å². The number of para-hydroxylation sites is 1. The zero-order chi connectivity index (χ0) is 26.1. The Balaban J connectivity index is 1.51. The van der Waals surface area contributed by atoms with Crippen LogP contribution in [0.3, 0.4) is 0 Å². The molecule has 192 valence electrons. The molecule has 1 fully saturated rings. The van der Waals surface area contributed by atoms with Crippen LogP contribution in [0.4, 0.5) is 28.9 Å². The van der Waals surface area contributed by atoms with Gasteiger partial charge < -0.3 is 9.64 Å². The van der Waals surface area contributed by atoms with Crippen molar-refractivity contribution in [2.24, 2.45) is 5.10 Å². The Morgan fingerprint density at radius 1 is 0.865 bits per heavy atom. The van der Waals surface area contributed by atoms with Crippen LogP contribution in [0.5, 0.6) is 0 Å². The number of hydrogen-bond donors (Lipinski definition) is 0. The number of benzene rings is 3. The van der Waals surface area contributed by atoms with Crippen molar-refractivity contribution in [2.75, 3.05) is 23.0 Å². The minimum atomic E-state index is -1.44. The van der Waals surface area contributed by atoms with Crippen LogP contribution < -0.4 is 9.91 Å². The molecule has 2 aliphatic rings. The number of halogens is 4. The van der Waals surface area contributed by atoms with Gasteiger partial charge in [-0.15, -0.1) is 0 Å². The Bertz CT molecular complexity index is 1300. The van der Waals surface area contributed by atoms with Crippen LogP contribution in [-0.2, 0) is 9.53 Å². The van der Waals surface area contributed by atoms with Gasteiger partial charge in [-0.1, -0.05) is 48.5 Å². The molecule has 5 rings (SSSR count). The number of hydrazone groups is 1. The van der Waals surface area contributed by atoms with Crippen molar-refractivity contribution in [3.8, 4) is 0 Å². The fourth-order valence-corrected chi connectivity index (χ4v) is 5.00. The molecule has 5 nitrogen and oxygen atoms in total. The van der Waals surface area contributed by atoms with Crippen LogP contribution in [0.1, 0.15) is 43.4 Å². The molecule has 0 radical (unpaired) electrons. The molecule has 0 saturated carbocycles. The summed E-state index contributed by atoms with van der Waals surface area (Å²) in [7, 11) is 0. The van der Waals surface area contributed by atoms with Crippen LogP contribution in [0.25, 0.3) is 0 Å². The van der Waals surface area contributed by atoms with Crippen LogP contribution in [-0.4, -0.2) is 30.9 Å². The smallest absolute Gasteiger partial charge is 0.302 e. The van der Waals surface area contributed by atoms with E-state index in [1.165, 1.54) is 16.8 Å². The van der Waals surface area contributed by atoms with Crippen molar-refractivity contribution in [3.63, 3.8) is 0 Å². The van der Waals surface area contributed by atoms with E-state index in [-0.39, 0.29) is 19.5 Å². The molecule has 0 amide bonds. The molecule has 0 aromatic heterocycles. The predicted octanol–water partition coefficient (Wildman–Crippen LogP) is 6.13. The summed E-state index contributed by atoms with van der Waals surface area (Å²) in [6.07, 6.45) is 0.239. The highest BCUT2D eigenvalue weighted by Gasteiger charge is 2.39. The number of carbonyl (C=O) groups is 1. The molecular formula is C28H25F4N3O2. The highest BCUT2D eigenvalue weighted by molar-refractivity contribution is 6.03. The van der Waals surface area contributed by atoms with E-state index in [1.54, 1.807) is 30.3 Å². The largest absolute Gasteiger partial charge is 0.462 e. The lowest BCUT2D eigenvalue weighted by molar-refractivity contribution is -0.147. The molecule has 2 heterocycles. The van der Waals surface area contributed by atoms with E-state index in [9.17, 15) is 4.79 Å². The number of hydrogen-bond acceptors (Lipinski definition) is 5. The second-order valence-electron chi connectivity index (χ2n) is 9.13. The topological polar surface area (TPSA) is 45.1 Å². The Morgan fingerprint density at radius 3 is 2.00 bits per heavy atom. The lowest BCUT2D eigenvalue weighted by Gasteiger charge is -2.34. The third kappa shape index (κ3) is 4.77. The van der Waals surface area contributed by atoms with Gasteiger partial charge in [-0.05, 0) is 17.7 Å². The van der Waals surface area contributed by atoms with Gasteiger partial charge in [0.1, 0.15) is 11.8 Å². The maximum atomic E-state index is 15.6. The molecule has 1 unspecified atom stereocenters. The first kappa shape index (κ1) is 24.8. The van der Waals surface area contributed by atoms with Gasteiger partial charge in [0.25, 0.3) is 0 Å². The van der Waals surface area contributed by atoms with Crippen LogP contribution in [0.2, 0.25) is 0 Å². The third-order valence-electron chi connectivity index (χ3n) is 6.74. The summed E-state index contributed by atoms with van der Waals surface area (Å²) in [5.74, 6) is -6.21. The highest BCUT2D eigenvalue weighted by atomic mass is 19.2. The molecule has 0 aliphatic carbocycles. The van der Waals surface area contributed by atoms with E-state index in [2.05, 4.69) is 5.10 Å². The summed E-state index contributed by atoms with van der Waals surface area (Å²) in [5, 5.41) is 6.00. The first-order chi connectivity index (χ1) is 17.8. The molecule has 9 heteroatoms. The zero-order valence-corrected chi connectivity index (χ0v) is 20.1.